The fraction of sp³-hybridized carbons (Fsp3) is 0.250. The van der Waals surface area contributed by atoms with Crippen molar-refractivity contribution in [1.29, 1.82) is 0 Å². The molecule has 4 nitrogen and oxygen atoms in total. The third kappa shape index (κ3) is 4.27. The number of carbonyl (C=O) groups is 2. The molecule has 0 atom stereocenters. The second-order valence-electron chi connectivity index (χ2n) is 2.05. The molecule has 2 N–H and O–H groups in total. The molecule has 0 bridgehead atoms. The van der Waals surface area contributed by atoms with Gasteiger partial charge < -0.3 is 10.2 Å². The zero-order valence-corrected chi connectivity index (χ0v) is 6.65. The Hall–Kier alpha value is -1.58. The molecule has 4 heteroatoms. The standard InChI is InChI=1S/C8H10O4/c1-2-6(8(11)12)4-3-5-7(9)10/h3-5H,2H2,1H3,(H,9,10)(H,11,12)/b5-3+,6-4+. The first-order valence-corrected chi connectivity index (χ1v) is 3.41. The molecule has 0 amide bonds. The Morgan fingerprint density at radius 3 is 2.25 bits per heavy atom. The molecule has 0 saturated carbocycles. The van der Waals surface area contributed by atoms with Gasteiger partial charge in [-0.1, -0.05) is 19.1 Å². The molecule has 0 spiro atoms. The van der Waals surface area contributed by atoms with Crippen molar-refractivity contribution >= 4 is 11.9 Å². The van der Waals surface area contributed by atoms with E-state index in [0.29, 0.717) is 6.42 Å². The summed E-state index contributed by atoms with van der Waals surface area (Å²) < 4.78 is 0. The van der Waals surface area contributed by atoms with Crippen molar-refractivity contribution in [2.24, 2.45) is 0 Å². The predicted octanol–water partition coefficient (Wildman–Crippen LogP) is 1.05. The van der Waals surface area contributed by atoms with Gasteiger partial charge in [-0.2, -0.15) is 0 Å². The summed E-state index contributed by atoms with van der Waals surface area (Å²) in [6.07, 6.45) is 3.74. The summed E-state index contributed by atoms with van der Waals surface area (Å²) in [6, 6.07) is 0. The number of aliphatic carboxylic acids is 2. The van der Waals surface area contributed by atoms with Crippen molar-refractivity contribution in [2.75, 3.05) is 0 Å². The Bertz CT molecular complexity index is 237. The quantitative estimate of drug-likeness (QED) is 0.488. The second kappa shape index (κ2) is 5.12. The maximum absolute atomic E-state index is 10.4. The molecule has 0 aliphatic carbocycles. The average Bonchev–Trinajstić information content (AvgIpc) is 1.96. The van der Waals surface area contributed by atoms with Crippen LogP contribution in [0.1, 0.15) is 13.3 Å². The van der Waals surface area contributed by atoms with Crippen LogP contribution in [0.5, 0.6) is 0 Å². The fourth-order valence-corrected chi connectivity index (χ4v) is 0.587. The highest BCUT2D eigenvalue weighted by Gasteiger charge is 2.00. The van der Waals surface area contributed by atoms with Gasteiger partial charge in [0, 0.05) is 11.6 Å². The number of hydrogen-bond acceptors (Lipinski definition) is 2. The fourth-order valence-electron chi connectivity index (χ4n) is 0.587. The topological polar surface area (TPSA) is 74.6 Å². The van der Waals surface area contributed by atoms with Crippen molar-refractivity contribution in [3.63, 3.8) is 0 Å². The summed E-state index contributed by atoms with van der Waals surface area (Å²) >= 11 is 0. The molecule has 0 rings (SSSR count). The van der Waals surface area contributed by atoms with E-state index >= 15 is 0 Å². The molecule has 0 aliphatic rings. The van der Waals surface area contributed by atoms with Crippen LogP contribution < -0.4 is 0 Å². The Morgan fingerprint density at radius 2 is 1.92 bits per heavy atom. The van der Waals surface area contributed by atoms with Gasteiger partial charge in [-0.05, 0) is 6.42 Å². The molecule has 0 aromatic heterocycles. The minimum Gasteiger partial charge on any atom is -0.478 e. The maximum Gasteiger partial charge on any atom is 0.331 e. The van der Waals surface area contributed by atoms with E-state index in [1.807, 2.05) is 0 Å². The zero-order valence-electron chi connectivity index (χ0n) is 6.65. The Balaban J connectivity index is 4.31. The SMILES string of the molecule is CC/C(=C\C=C\C(=O)O)C(=O)O. The lowest BCUT2D eigenvalue weighted by molar-refractivity contribution is -0.133. The van der Waals surface area contributed by atoms with Gasteiger partial charge in [0.25, 0.3) is 0 Å². The summed E-state index contributed by atoms with van der Waals surface area (Å²) in [6.45, 7) is 1.69. The summed E-state index contributed by atoms with van der Waals surface area (Å²) in [5.41, 5.74) is 0.188. The van der Waals surface area contributed by atoms with Crippen LogP contribution in [-0.4, -0.2) is 22.2 Å². The summed E-state index contributed by atoms with van der Waals surface area (Å²) in [5.74, 6) is -2.11. The molecule has 66 valence electrons. The van der Waals surface area contributed by atoms with Crippen molar-refractivity contribution in [2.45, 2.75) is 13.3 Å². The molecule has 0 radical (unpaired) electrons. The highest BCUT2D eigenvalue weighted by molar-refractivity contribution is 5.87. The highest BCUT2D eigenvalue weighted by atomic mass is 16.4. The highest BCUT2D eigenvalue weighted by Crippen LogP contribution is 2.00. The van der Waals surface area contributed by atoms with Crippen LogP contribution in [0.4, 0.5) is 0 Å². The number of carboxylic acids is 2. The van der Waals surface area contributed by atoms with E-state index in [1.165, 1.54) is 12.2 Å². The van der Waals surface area contributed by atoms with Crippen LogP contribution in [-0.2, 0) is 9.59 Å². The van der Waals surface area contributed by atoms with E-state index < -0.39 is 11.9 Å². The molecule has 0 aromatic rings. The minimum atomic E-state index is -1.09. The molecule has 12 heavy (non-hydrogen) atoms. The normalized spacial score (nSPS) is 11.9. The number of hydrogen-bond donors (Lipinski definition) is 2. The van der Waals surface area contributed by atoms with Gasteiger partial charge >= 0.3 is 11.9 Å². The van der Waals surface area contributed by atoms with E-state index in [0.717, 1.165) is 6.08 Å². The molecular formula is C8H10O4. The van der Waals surface area contributed by atoms with Crippen LogP contribution in [0.3, 0.4) is 0 Å². The summed E-state index contributed by atoms with van der Waals surface area (Å²) in [5, 5.41) is 16.7. The lowest BCUT2D eigenvalue weighted by Gasteiger charge is -1.92. The molecule has 0 heterocycles. The molecule has 0 aromatic carbocycles. The molecular weight excluding hydrogens is 160 g/mol. The van der Waals surface area contributed by atoms with Crippen molar-refractivity contribution in [3.8, 4) is 0 Å². The summed E-state index contributed by atoms with van der Waals surface area (Å²) in [7, 11) is 0. The van der Waals surface area contributed by atoms with Crippen LogP contribution in [0.25, 0.3) is 0 Å². The Morgan fingerprint density at radius 1 is 1.33 bits per heavy atom. The van der Waals surface area contributed by atoms with Crippen LogP contribution >= 0.6 is 0 Å². The van der Waals surface area contributed by atoms with Crippen LogP contribution in [0, 0.1) is 0 Å². The first-order valence-electron chi connectivity index (χ1n) is 3.41. The number of allylic oxidation sites excluding steroid dienone is 2. The van der Waals surface area contributed by atoms with Gasteiger partial charge in [0.1, 0.15) is 0 Å². The van der Waals surface area contributed by atoms with Crippen LogP contribution in [0.15, 0.2) is 23.8 Å². The first-order chi connectivity index (χ1) is 5.57. The van der Waals surface area contributed by atoms with E-state index in [4.69, 9.17) is 10.2 Å². The average molecular weight is 170 g/mol. The predicted molar refractivity (Wildman–Crippen MR) is 42.8 cm³/mol. The van der Waals surface area contributed by atoms with Crippen molar-refractivity contribution < 1.29 is 19.8 Å². The second-order valence-corrected chi connectivity index (χ2v) is 2.05. The third-order valence-corrected chi connectivity index (χ3v) is 1.19. The number of carboxylic acid groups (broad SMARTS) is 2. The third-order valence-electron chi connectivity index (χ3n) is 1.19. The van der Waals surface area contributed by atoms with E-state index in [1.54, 1.807) is 6.92 Å². The van der Waals surface area contributed by atoms with Gasteiger partial charge in [-0.25, -0.2) is 9.59 Å². The Labute approximate surface area is 69.8 Å². The molecule has 0 unspecified atom stereocenters. The first kappa shape index (κ1) is 10.4. The Kier molecular flexibility index (Phi) is 4.45. The minimum absolute atomic E-state index is 0.188. The lowest BCUT2D eigenvalue weighted by Crippen LogP contribution is -1.98. The zero-order chi connectivity index (χ0) is 9.56. The van der Waals surface area contributed by atoms with Gasteiger partial charge in [0.05, 0.1) is 0 Å². The number of rotatable bonds is 4. The summed E-state index contributed by atoms with van der Waals surface area (Å²) in [4.78, 5) is 20.3. The van der Waals surface area contributed by atoms with E-state index in [9.17, 15) is 9.59 Å². The smallest absolute Gasteiger partial charge is 0.331 e. The molecule has 0 saturated heterocycles. The van der Waals surface area contributed by atoms with Crippen LogP contribution in [0.2, 0.25) is 0 Å². The van der Waals surface area contributed by atoms with Gasteiger partial charge in [0.2, 0.25) is 0 Å². The lowest BCUT2D eigenvalue weighted by atomic mass is 10.2. The van der Waals surface area contributed by atoms with Crippen molar-refractivity contribution in [3.05, 3.63) is 23.8 Å². The van der Waals surface area contributed by atoms with Gasteiger partial charge in [-0.15, -0.1) is 0 Å². The molecule has 0 fully saturated rings. The largest absolute Gasteiger partial charge is 0.478 e. The van der Waals surface area contributed by atoms with Crippen molar-refractivity contribution in [1.82, 2.24) is 0 Å². The van der Waals surface area contributed by atoms with E-state index in [2.05, 4.69) is 0 Å². The van der Waals surface area contributed by atoms with E-state index in [-0.39, 0.29) is 5.57 Å². The van der Waals surface area contributed by atoms with Gasteiger partial charge in [-0.3, -0.25) is 0 Å². The molecule has 0 aliphatic heterocycles. The maximum atomic E-state index is 10.4. The van der Waals surface area contributed by atoms with Gasteiger partial charge in [0.15, 0.2) is 0 Å². The monoisotopic (exact) mass is 170 g/mol.